The summed E-state index contributed by atoms with van der Waals surface area (Å²) < 4.78 is 14.2. The van der Waals surface area contributed by atoms with Crippen LogP contribution in [0.5, 0.6) is 0 Å². The Labute approximate surface area is 172 Å². The van der Waals surface area contributed by atoms with Crippen LogP contribution >= 0.6 is 11.8 Å². The molecule has 0 aliphatic carbocycles. The van der Waals surface area contributed by atoms with E-state index in [-0.39, 0.29) is 36.4 Å². The van der Waals surface area contributed by atoms with Crippen LogP contribution in [0.3, 0.4) is 0 Å². The van der Waals surface area contributed by atoms with Crippen molar-refractivity contribution in [1.29, 1.82) is 5.26 Å². The van der Waals surface area contributed by atoms with Crippen molar-refractivity contribution in [3.63, 3.8) is 0 Å². The lowest BCUT2D eigenvalue weighted by atomic mass is 10.0. The molecule has 0 radical (unpaired) electrons. The highest BCUT2D eigenvalue weighted by Gasteiger charge is 2.33. The Hall–Kier alpha value is -3.18. The molecule has 1 amide bonds. The maximum atomic E-state index is 14.2. The number of rotatable bonds is 5. The van der Waals surface area contributed by atoms with Crippen LogP contribution in [0.15, 0.2) is 58.6 Å². The number of fused-ring (bicyclic) bond motifs is 3. The van der Waals surface area contributed by atoms with Gasteiger partial charge in [-0.15, -0.1) is 0 Å². The van der Waals surface area contributed by atoms with Crippen LogP contribution in [0.1, 0.15) is 24.4 Å². The minimum Gasteiger partial charge on any atom is -0.308 e. The van der Waals surface area contributed by atoms with E-state index in [2.05, 4.69) is 10.1 Å². The SMILES string of the molecule is N#CCCN(C(=O)CSC1=Nc2ccccc2[C@H]2CC=NN12)c1ccccc1F. The second-order valence-corrected chi connectivity index (χ2v) is 7.48. The average Bonchev–Trinajstić information content (AvgIpc) is 3.24. The molecule has 2 aliphatic heterocycles. The molecule has 0 N–H and O–H groups in total. The van der Waals surface area contributed by atoms with E-state index in [1.807, 2.05) is 41.6 Å². The number of anilines is 1. The van der Waals surface area contributed by atoms with Crippen molar-refractivity contribution < 1.29 is 9.18 Å². The number of hydrazone groups is 1. The Morgan fingerprint density at radius 2 is 2.07 bits per heavy atom. The number of thioether (sulfide) groups is 1. The van der Waals surface area contributed by atoms with E-state index >= 15 is 0 Å². The Bertz CT molecular complexity index is 1030. The molecule has 0 bridgehead atoms. The van der Waals surface area contributed by atoms with Crippen molar-refractivity contribution in [2.24, 2.45) is 10.1 Å². The third kappa shape index (κ3) is 3.87. The number of carbonyl (C=O) groups excluding carboxylic acids is 1. The molecule has 6 nitrogen and oxygen atoms in total. The van der Waals surface area contributed by atoms with Gasteiger partial charge in [0.05, 0.1) is 35.7 Å². The van der Waals surface area contributed by atoms with Gasteiger partial charge in [-0.05, 0) is 18.2 Å². The van der Waals surface area contributed by atoms with Crippen molar-refractivity contribution in [3.05, 3.63) is 59.9 Å². The first kappa shape index (κ1) is 19.2. The number of carbonyl (C=O) groups is 1. The van der Waals surface area contributed by atoms with Gasteiger partial charge < -0.3 is 4.90 Å². The molecule has 0 saturated carbocycles. The number of aliphatic imine (C=N–C) groups is 1. The Morgan fingerprint density at radius 3 is 2.90 bits per heavy atom. The molecular formula is C21H18FN5OS. The van der Waals surface area contributed by atoms with Crippen LogP contribution in [0, 0.1) is 17.1 Å². The summed E-state index contributed by atoms with van der Waals surface area (Å²) in [4.78, 5) is 18.9. The normalized spacial score (nSPS) is 16.6. The summed E-state index contributed by atoms with van der Waals surface area (Å²) in [7, 11) is 0. The number of benzene rings is 2. The van der Waals surface area contributed by atoms with Gasteiger partial charge in [0.2, 0.25) is 5.91 Å². The van der Waals surface area contributed by atoms with E-state index in [1.54, 1.807) is 18.2 Å². The summed E-state index contributed by atoms with van der Waals surface area (Å²) in [5, 5.41) is 15.8. The smallest absolute Gasteiger partial charge is 0.237 e. The van der Waals surface area contributed by atoms with E-state index in [0.717, 1.165) is 17.7 Å². The van der Waals surface area contributed by atoms with Gasteiger partial charge >= 0.3 is 0 Å². The predicted molar refractivity (Wildman–Crippen MR) is 113 cm³/mol. The summed E-state index contributed by atoms with van der Waals surface area (Å²) >= 11 is 1.27. The van der Waals surface area contributed by atoms with E-state index < -0.39 is 5.82 Å². The average molecular weight is 407 g/mol. The molecule has 29 heavy (non-hydrogen) atoms. The zero-order valence-corrected chi connectivity index (χ0v) is 16.3. The third-order valence-corrected chi connectivity index (χ3v) is 5.68. The van der Waals surface area contributed by atoms with Crippen LogP contribution in [0.4, 0.5) is 15.8 Å². The largest absolute Gasteiger partial charge is 0.308 e. The van der Waals surface area contributed by atoms with Crippen LogP contribution in [-0.2, 0) is 4.79 Å². The van der Waals surface area contributed by atoms with E-state index in [9.17, 15) is 9.18 Å². The Morgan fingerprint density at radius 1 is 1.28 bits per heavy atom. The molecule has 0 unspecified atom stereocenters. The maximum absolute atomic E-state index is 14.2. The fourth-order valence-corrected chi connectivity index (χ4v) is 4.27. The third-order valence-electron chi connectivity index (χ3n) is 4.75. The Kier molecular flexibility index (Phi) is 5.58. The second-order valence-electron chi connectivity index (χ2n) is 6.54. The lowest BCUT2D eigenvalue weighted by Gasteiger charge is -2.30. The number of nitriles is 1. The molecule has 2 aliphatic rings. The minimum absolute atomic E-state index is 0.0690. The van der Waals surface area contributed by atoms with Gasteiger partial charge in [-0.1, -0.05) is 42.1 Å². The topological polar surface area (TPSA) is 72.1 Å². The molecule has 4 rings (SSSR count). The zero-order valence-electron chi connectivity index (χ0n) is 15.5. The molecule has 2 aromatic rings. The van der Waals surface area contributed by atoms with Gasteiger partial charge in [0.25, 0.3) is 0 Å². The fourth-order valence-electron chi connectivity index (χ4n) is 3.40. The van der Waals surface area contributed by atoms with E-state index in [1.165, 1.54) is 22.7 Å². The number of para-hydroxylation sites is 2. The van der Waals surface area contributed by atoms with E-state index in [0.29, 0.717) is 5.17 Å². The van der Waals surface area contributed by atoms with Crippen molar-refractivity contribution in [1.82, 2.24) is 5.01 Å². The highest BCUT2D eigenvalue weighted by Crippen LogP contribution is 2.40. The first-order chi connectivity index (χ1) is 14.2. The number of halogens is 1. The maximum Gasteiger partial charge on any atom is 0.237 e. The van der Waals surface area contributed by atoms with Gasteiger partial charge in [0.1, 0.15) is 5.82 Å². The van der Waals surface area contributed by atoms with Gasteiger partial charge in [-0.25, -0.2) is 14.4 Å². The van der Waals surface area contributed by atoms with Gasteiger partial charge in [-0.2, -0.15) is 10.4 Å². The molecular weight excluding hydrogens is 389 g/mol. The monoisotopic (exact) mass is 407 g/mol. The quantitative estimate of drug-likeness (QED) is 0.743. The lowest BCUT2D eigenvalue weighted by molar-refractivity contribution is -0.116. The van der Waals surface area contributed by atoms with Crippen LogP contribution in [-0.4, -0.2) is 34.6 Å². The summed E-state index contributed by atoms with van der Waals surface area (Å²) in [6, 6.07) is 16.1. The molecule has 1 atom stereocenters. The standard InChI is InChI=1S/C21H18FN5OS/c22-16-7-2-4-9-19(16)26(13-5-11-23)20(28)14-29-21-25-17-8-3-1-6-15(17)18-10-12-24-27(18)21/h1-4,6-9,12,18H,5,10,13-14H2/t18-/m1/s1. The molecule has 146 valence electrons. The second kappa shape index (κ2) is 8.45. The number of hydrogen-bond acceptors (Lipinski definition) is 6. The van der Waals surface area contributed by atoms with Crippen molar-refractivity contribution >= 4 is 40.4 Å². The minimum atomic E-state index is -0.489. The summed E-state index contributed by atoms with van der Waals surface area (Å²) in [5.74, 6) is -0.701. The molecule has 0 aromatic heterocycles. The molecule has 0 spiro atoms. The Balaban J connectivity index is 1.53. The fraction of sp³-hybridized carbons (Fsp3) is 0.238. The van der Waals surface area contributed by atoms with Crippen LogP contribution in [0.25, 0.3) is 0 Å². The summed E-state index contributed by atoms with van der Waals surface area (Å²) in [6.07, 6.45) is 2.76. The summed E-state index contributed by atoms with van der Waals surface area (Å²) in [5.41, 5.74) is 2.17. The van der Waals surface area contributed by atoms with Gasteiger partial charge in [-0.3, -0.25) is 4.79 Å². The van der Waals surface area contributed by atoms with Crippen molar-refractivity contribution in [2.75, 3.05) is 17.2 Å². The summed E-state index contributed by atoms with van der Waals surface area (Å²) in [6.45, 7) is 0.136. The molecule has 0 fully saturated rings. The number of hydrogen-bond donors (Lipinski definition) is 0. The van der Waals surface area contributed by atoms with Gasteiger partial charge in [0.15, 0.2) is 5.17 Å². The number of nitrogens with zero attached hydrogens (tertiary/aromatic N) is 5. The molecule has 8 heteroatoms. The van der Waals surface area contributed by atoms with Gasteiger partial charge in [0, 0.05) is 24.7 Å². The number of amides is 1. The van der Waals surface area contributed by atoms with Crippen LogP contribution in [0.2, 0.25) is 0 Å². The van der Waals surface area contributed by atoms with Crippen LogP contribution < -0.4 is 4.90 Å². The molecule has 0 saturated heterocycles. The zero-order chi connectivity index (χ0) is 20.2. The highest BCUT2D eigenvalue weighted by atomic mass is 32.2. The lowest BCUT2D eigenvalue weighted by Crippen LogP contribution is -2.35. The predicted octanol–water partition coefficient (Wildman–Crippen LogP) is 4.24. The van der Waals surface area contributed by atoms with E-state index in [4.69, 9.17) is 5.26 Å². The first-order valence-corrected chi connectivity index (χ1v) is 10.2. The molecule has 2 heterocycles. The number of amidine groups is 1. The first-order valence-electron chi connectivity index (χ1n) is 9.23. The highest BCUT2D eigenvalue weighted by molar-refractivity contribution is 8.14. The van der Waals surface area contributed by atoms with Crippen molar-refractivity contribution in [3.8, 4) is 6.07 Å². The molecule has 2 aromatic carbocycles. The van der Waals surface area contributed by atoms with Crippen molar-refractivity contribution in [2.45, 2.75) is 18.9 Å².